The van der Waals surface area contributed by atoms with Crippen LogP contribution in [-0.4, -0.2) is 37.5 Å². The minimum absolute atomic E-state index is 0.0354. The Labute approximate surface area is 150 Å². The summed E-state index contributed by atoms with van der Waals surface area (Å²) >= 11 is 0. The van der Waals surface area contributed by atoms with Gasteiger partial charge in [0.1, 0.15) is 5.60 Å². The van der Waals surface area contributed by atoms with Gasteiger partial charge in [-0.3, -0.25) is 0 Å². The van der Waals surface area contributed by atoms with E-state index < -0.39 is 38.4 Å². The number of alkyl halides is 2. The first kappa shape index (κ1) is 20.1. The van der Waals surface area contributed by atoms with Gasteiger partial charge in [0.05, 0.1) is 4.90 Å². The van der Waals surface area contributed by atoms with Crippen LogP contribution in [0.1, 0.15) is 37.7 Å². The highest BCUT2D eigenvalue weighted by Gasteiger charge is 2.33. The van der Waals surface area contributed by atoms with Crippen molar-refractivity contribution < 1.29 is 27.1 Å². The molecular formula is C17H20F2N2O4S. The Balaban J connectivity index is 2.10. The molecule has 2 unspecified atom stereocenters. The third-order valence-corrected chi connectivity index (χ3v) is 5.40. The molecule has 2 atom stereocenters. The van der Waals surface area contributed by atoms with Crippen LogP contribution in [0.25, 0.3) is 0 Å². The molecule has 142 valence electrons. The molecular weight excluding hydrogens is 366 g/mol. The number of halogens is 2. The Morgan fingerprint density at radius 1 is 1.46 bits per heavy atom. The second kappa shape index (κ2) is 7.60. The van der Waals surface area contributed by atoms with Gasteiger partial charge in [-0.2, -0.15) is 0 Å². The molecule has 0 heterocycles. The Morgan fingerprint density at radius 3 is 2.73 bits per heavy atom. The van der Waals surface area contributed by atoms with E-state index in [1.807, 2.05) is 0 Å². The lowest BCUT2D eigenvalue weighted by Gasteiger charge is -2.33. The number of hydrogen-bond donors (Lipinski definition) is 3. The van der Waals surface area contributed by atoms with Crippen molar-refractivity contribution in [2.45, 2.75) is 48.6 Å². The fourth-order valence-corrected chi connectivity index (χ4v) is 3.89. The van der Waals surface area contributed by atoms with Crippen LogP contribution in [0.3, 0.4) is 0 Å². The van der Waals surface area contributed by atoms with E-state index in [-0.39, 0.29) is 18.2 Å². The zero-order valence-electron chi connectivity index (χ0n) is 14.1. The molecule has 1 saturated carbocycles. The number of hydrogen-bond acceptors (Lipinski definition) is 4. The fraction of sp³-hybridized carbons (Fsp3) is 0.471. The molecule has 6 nitrogen and oxygen atoms in total. The van der Waals surface area contributed by atoms with Crippen LogP contribution >= 0.6 is 0 Å². The maximum Gasteiger partial charge on any atom is 0.319 e. The first-order valence-corrected chi connectivity index (χ1v) is 9.83. The van der Waals surface area contributed by atoms with E-state index in [2.05, 4.69) is 16.6 Å². The number of benzene rings is 1. The number of nitrogens with one attached hydrogen (secondary N) is 2. The first-order chi connectivity index (χ1) is 12.0. The number of carbonyl (C=O) groups is 1. The third-order valence-electron chi connectivity index (χ3n) is 4.23. The molecule has 0 saturated heterocycles. The van der Waals surface area contributed by atoms with Crippen LogP contribution < -0.4 is 10.6 Å². The lowest BCUT2D eigenvalue weighted by atomic mass is 9.82. The summed E-state index contributed by atoms with van der Waals surface area (Å²) in [5.74, 6) is 2.32. The van der Waals surface area contributed by atoms with Crippen LogP contribution in [0.15, 0.2) is 23.1 Å². The normalized spacial score (nSPS) is 23.3. The van der Waals surface area contributed by atoms with E-state index in [0.717, 1.165) is 18.4 Å². The molecule has 0 aromatic heterocycles. The number of rotatable bonds is 4. The van der Waals surface area contributed by atoms with Gasteiger partial charge in [0.25, 0.3) is 6.43 Å². The largest absolute Gasteiger partial charge is 0.378 e. The predicted molar refractivity (Wildman–Crippen MR) is 92.7 cm³/mol. The highest BCUT2D eigenvalue weighted by molar-refractivity contribution is 7.90. The van der Waals surface area contributed by atoms with E-state index >= 15 is 0 Å². The quantitative estimate of drug-likeness (QED) is 0.693. The number of terminal acetylenes is 1. The number of sulfone groups is 1. The number of aliphatic hydroxyl groups is 1. The highest BCUT2D eigenvalue weighted by Crippen LogP contribution is 2.30. The summed E-state index contributed by atoms with van der Waals surface area (Å²) in [5, 5.41) is 15.1. The van der Waals surface area contributed by atoms with Crippen molar-refractivity contribution in [1.82, 2.24) is 5.32 Å². The van der Waals surface area contributed by atoms with Gasteiger partial charge < -0.3 is 15.7 Å². The van der Waals surface area contributed by atoms with Crippen molar-refractivity contribution in [3.8, 4) is 12.3 Å². The number of anilines is 1. The van der Waals surface area contributed by atoms with Gasteiger partial charge in [0.2, 0.25) is 0 Å². The average molecular weight is 386 g/mol. The summed E-state index contributed by atoms with van der Waals surface area (Å²) in [6.45, 7) is 0. The third kappa shape index (κ3) is 4.93. The molecule has 0 radical (unpaired) electrons. The molecule has 26 heavy (non-hydrogen) atoms. The maximum absolute atomic E-state index is 13.1. The van der Waals surface area contributed by atoms with E-state index in [1.54, 1.807) is 0 Å². The van der Waals surface area contributed by atoms with Crippen molar-refractivity contribution in [3.05, 3.63) is 23.8 Å². The summed E-state index contributed by atoms with van der Waals surface area (Å²) in [7, 11) is -3.82. The van der Waals surface area contributed by atoms with Crippen LogP contribution in [0.5, 0.6) is 0 Å². The number of carbonyl (C=O) groups excluding carboxylic acids is 1. The maximum atomic E-state index is 13.1. The monoisotopic (exact) mass is 386 g/mol. The Kier molecular flexibility index (Phi) is 5.88. The predicted octanol–water partition coefficient (Wildman–Crippen LogP) is 2.46. The van der Waals surface area contributed by atoms with Gasteiger partial charge in [-0.1, -0.05) is 5.92 Å². The van der Waals surface area contributed by atoms with Gasteiger partial charge in [0, 0.05) is 30.0 Å². The molecule has 0 spiro atoms. The van der Waals surface area contributed by atoms with Crippen molar-refractivity contribution in [1.29, 1.82) is 0 Å². The molecule has 1 fully saturated rings. The van der Waals surface area contributed by atoms with Crippen molar-refractivity contribution in [2.75, 3.05) is 11.6 Å². The molecule has 0 aliphatic heterocycles. The molecule has 2 amide bonds. The summed E-state index contributed by atoms with van der Waals surface area (Å²) in [5.41, 5.74) is -1.91. The summed E-state index contributed by atoms with van der Waals surface area (Å²) in [6.07, 6.45) is 5.06. The second-order valence-electron chi connectivity index (χ2n) is 6.39. The van der Waals surface area contributed by atoms with E-state index in [0.29, 0.717) is 19.3 Å². The van der Waals surface area contributed by atoms with Crippen molar-refractivity contribution in [2.24, 2.45) is 0 Å². The number of urea groups is 1. The fourth-order valence-electron chi connectivity index (χ4n) is 2.99. The van der Waals surface area contributed by atoms with Crippen molar-refractivity contribution >= 4 is 21.6 Å². The van der Waals surface area contributed by atoms with Gasteiger partial charge in [-0.15, -0.1) is 6.42 Å². The molecule has 1 aliphatic carbocycles. The molecule has 1 aromatic rings. The molecule has 1 aliphatic rings. The van der Waals surface area contributed by atoms with Gasteiger partial charge in [0.15, 0.2) is 9.84 Å². The van der Waals surface area contributed by atoms with Gasteiger partial charge in [-0.05, 0) is 37.5 Å². The molecule has 1 aromatic carbocycles. The Morgan fingerprint density at radius 2 is 2.15 bits per heavy atom. The second-order valence-corrected chi connectivity index (χ2v) is 8.38. The van der Waals surface area contributed by atoms with Crippen molar-refractivity contribution in [3.63, 3.8) is 0 Å². The molecule has 9 heteroatoms. The summed E-state index contributed by atoms with van der Waals surface area (Å²) < 4.78 is 49.4. The average Bonchev–Trinajstić information content (AvgIpc) is 2.53. The van der Waals surface area contributed by atoms with E-state index in [4.69, 9.17) is 6.42 Å². The standard InChI is InChI=1S/C17H20F2N2O4S/c1-3-17(23)8-4-5-12(10-17)21-16(22)20-11-6-7-14(26(2,24)25)13(9-11)15(18)19/h1,6-7,9,12,15,23H,4-5,8,10H2,2H3,(H2,20,21,22). The number of amides is 2. The zero-order valence-corrected chi connectivity index (χ0v) is 14.9. The first-order valence-electron chi connectivity index (χ1n) is 7.94. The SMILES string of the molecule is C#CC1(O)CCCC(NC(=O)Nc2ccc(S(C)(=O)=O)c(C(F)F)c2)C1. The van der Waals surface area contributed by atoms with Crippen LogP contribution in [0.2, 0.25) is 0 Å². The van der Waals surface area contributed by atoms with Gasteiger partial charge >= 0.3 is 6.03 Å². The minimum atomic E-state index is -3.82. The van der Waals surface area contributed by atoms with Crippen LogP contribution in [0.4, 0.5) is 19.3 Å². The van der Waals surface area contributed by atoms with Crippen LogP contribution in [0, 0.1) is 12.3 Å². The Bertz CT molecular complexity index is 836. The van der Waals surface area contributed by atoms with E-state index in [1.165, 1.54) is 6.07 Å². The lowest BCUT2D eigenvalue weighted by Crippen LogP contribution is -2.46. The highest BCUT2D eigenvalue weighted by atomic mass is 32.2. The van der Waals surface area contributed by atoms with E-state index in [9.17, 15) is 27.1 Å². The smallest absolute Gasteiger partial charge is 0.319 e. The summed E-state index contributed by atoms with van der Waals surface area (Å²) in [4.78, 5) is 11.6. The summed E-state index contributed by atoms with van der Waals surface area (Å²) in [6, 6.07) is 2.20. The Hall–Kier alpha value is -2.18. The molecule has 0 bridgehead atoms. The van der Waals surface area contributed by atoms with Crippen LogP contribution in [-0.2, 0) is 9.84 Å². The molecule has 3 N–H and O–H groups in total. The zero-order chi connectivity index (χ0) is 19.5. The molecule has 2 rings (SSSR count). The lowest BCUT2D eigenvalue weighted by molar-refractivity contribution is 0.0490. The van der Waals surface area contributed by atoms with Gasteiger partial charge in [-0.25, -0.2) is 22.0 Å². The minimum Gasteiger partial charge on any atom is -0.378 e. The topological polar surface area (TPSA) is 95.5 Å².